The van der Waals surface area contributed by atoms with Crippen molar-refractivity contribution in [2.24, 2.45) is 5.92 Å². The molecule has 0 radical (unpaired) electrons. The maximum atomic E-state index is 6.24. The summed E-state index contributed by atoms with van der Waals surface area (Å²) < 4.78 is 6.24. The van der Waals surface area contributed by atoms with Gasteiger partial charge in [0.25, 0.3) is 0 Å². The SMILES string of the molecule is CCNCC1(OCCC2CCC2)CCCC1. The van der Waals surface area contributed by atoms with Crippen molar-refractivity contribution in [3.05, 3.63) is 0 Å². The molecule has 2 nitrogen and oxygen atoms in total. The van der Waals surface area contributed by atoms with E-state index in [1.807, 2.05) is 0 Å². The Morgan fingerprint density at radius 2 is 1.94 bits per heavy atom. The molecule has 0 unspecified atom stereocenters. The van der Waals surface area contributed by atoms with Crippen LogP contribution in [-0.4, -0.2) is 25.3 Å². The normalized spacial score (nSPS) is 24.6. The second-order valence-electron chi connectivity index (χ2n) is 5.60. The molecule has 2 aliphatic rings. The van der Waals surface area contributed by atoms with E-state index in [0.29, 0.717) is 0 Å². The summed E-state index contributed by atoms with van der Waals surface area (Å²) in [6.07, 6.45) is 10.9. The molecule has 0 aliphatic heterocycles. The molecule has 94 valence electrons. The minimum Gasteiger partial charge on any atom is -0.374 e. The largest absolute Gasteiger partial charge is 0.374 e. The Balaban J connectivity index is 1.68. The lowest BCUT2D eigenvalue weighted by Crippen LogP contribution is -2.41. The third kappa shape index (κ3) is 3.21. The summed E-state index contributed by atoms with van der Waals surface area (Å²) >= 11 is 0. The molecule has 2 aliphatic carbocycles. The Morgan fingerprint density at radius 1 is 1.19 bits per heavy atom. The monoisotopic (exact) mass is 225 g/mol. The van der Waals surface area contributed by atoms with Gasteiger partial charge < -0.3 is 10.1 Å². The Bertz CT molecular complexity index is 195. The van der Waals surface area contributed by atoms with Gasteiger partial charge in [0, 0.05) is 13.2 Å². The molecule has 0 aromatic rings. The van der Waals surface area contributed by atoms with E-state index in [1.54, 1.807) is 0 Å². The minimum absolute atomic E-state index is 0.194. The van der Waals surface area contributed by atoms with Crippen LogP contribution in [0.25, 0.3) is 0 Å². The van der Waals surface area contributed by atoms with Crippen molar-refractivity contribution in [3.8, 4) is 0 Å². The number of rotatable bonds is 7. The zero-order valence-corrected chi connectivity index (χ0v) is 10.8. The Hall–Kier alpha value is -0.0800. The molecule has 0 spiro atoms. The molecule has 0 amide bonds. The molecule has 0 aromatic carbocycles. The van der Waals surface area contributed by atoms with Crippen LogP contribution in [0.5, 0.6) is 0 Å². The average Bonchev–Trinajstić information content (AvgIpc) is 2.68. The second-order valence-corrected chi connectivity index (χ2v) is 5.60. The van der Waals surface area contributed by atoms with E-state index in [9.17, 15) is 0 Å². The van der Waals surface area contributed by atoms with Crippen LogP contribution in [0.4, 0.5) is 0 Å². The summed E-state index contributed by atoms with van der Waals surface area (Å²) in [5.74, 6) is 0.984. The van der Waals surface area contributed by atoms with Crippen LogP contribution in [0.3, 0.4) is 0 Å². The number of nitrogens with one attached hydrogen (secondary N) is 1. The summed E-state index contributed by atoms with van der Waals surface area (Å²) in [7, 11) is 0. The van der Waals surface area contributed by atoms with E-state index < -0.39 is 0 Å². The molecular formula is C14H27NO. The van der Waals surface area contributed by atoms with Gasteiger partial charge in [-0.05, 0) is 31.7 Å². The van der Waals surface area contributed by atoms with Crippen molar-refractivity contribution >= 4 is 0 Å². The molecule has 0 heterocycles. The first-order valence-electron chi connectivity index (χ1n) is 7.19. The molecule has 2 fully saturated rings. The van der Waals surface area contributed by atoms with Gasteiger partial charge in [-0.3, -0.25) is 0 Å². The topological polar surface area (TPSA) is 21.3 Å². The highest BCUT2D eigenvalue weighted by Crippen LogP contribution is 2.34. The molecule has 2 saturated carbocycles. The Kier molecular flexibility index (Phi) is 4.66. The summed E-state index contributed by atoms with van der Waals surface area (Å²) in [4.78, 5) is 0. The molecule has 2 rings (SSSR count). The standard InChI is InChI=1S/C14H27NO/c1-2-15-12-14(9-3-4-10-14)16-11-8-13-6-5-7-13/h13,15H,2-12H2,1H3. The highest BCUT2D eigenvalue weighted by atomic mass is 16.5. The van der Waals surface area contributed by atoms with Crippen LogP contribution < -0.4 is 5.32 Å². The van der Waals surface area contributed by atoms with Crippen molar-refractivity contribution in [1.82, 2.24) is 5.32 Å². The molecule has 0 saturated heterocycles. The highest BCUT2D eigenvalue weighted by Gasteiger charge is 2.34. The fourth-order valence-corrected chi connectivity index (χ4v) is 2.97. The lowest BCUT2D eigenvalue weighted by Gasteiger charge is -2.32. The van der Waals surface area contributed by atoms with Gasteiger partial charge in [0.2, 0.25) is 0 Å². The first kappa shape index (κ1) is 12.4. The van der Waals surface area contributed by atoms with E-state index in [2.05, 4.69) is 12.2 Å². The van der Waals surface area contributed by atoms with Crippen molar-refractivity contribution in [2.75, 3.05) is 19.7 Å². The molecule has 16 heavy (non-hydrogen) atoms. The van der Waals surface area contributed by atoms with Crippen molar-refractivity contribution in [2.45, 2.75) is 63.9 Å². The van der Waals surface area contributed by atoms with Crippen LogP contribution in [0.1, 0.15) is 58.3 Å². The van der Waals surface area contributed by atoms with Crippen LogP contribution in [-0.2, 0) is 4.74 Å². The lowest BCUT2D eigenvalue weighted by molar-refractivity contribution is -0.0469. The van der Waals surface area contributed by atoms with Gasteiger partial charge in [-0.2, -0.15) is 0 Å². The molecule has 0 bridgehead atoms. The Labute approximate surface area is 100 Å². The van der Waals surface area contributed by atoms with Gasteiger partial charge in [0.1, 0.15) is 0 Å². The van der Waals surface area contributed by atoms with E-state index in [1.165, 1.54) is 51.4 Å². The molecule has 0 atom stereocenters. The predicted molar refractivity (Wildman–Crippen MR) is 67.7 cm³/mol. The fraction of sp³-hybridized carbons (Fsp3) is 1.00. The average molecular weight is 225 g/mol. The maximum absolute atomic E-state index is 6.24. The van der Waals surface area contributed by atoms with E-state index in [0.717, 1.165) is 25.6 Å². The number of hydrogen-bond donors (Lipinski definition) is 1. The Morgan fingerprint density at radius 3 is 2.50 bits per heavy atom. The van der Waals surface area contributed by atoms with Crippen LogP contribution in [0.2, 0.25) is 0 Å². The minimum atomic E-state index is 0.194. The first-order valence-corrected chi connectivity index (χ1v) is 7.19. The quantitative estimate of drug-likeness (QED) is 0.719. The molecular weight excluding hydrogens is 198 g/mol. The predicted octanol–water partition coefficient (Wildman–Crippen LogP) is 3.12. The smallest absolute Gasteiger partial charge is 0.0806 e. The fourth-order valence-electron chi connectivity index (χ4n) is 2.97. The lowest BCUT2D eigenvalue weighted by atomic mass is 9.83. The van der Waals surface area contributed by atoms with Crippen molar-refractivity contribution < 1.29 is 4.74 Å². The first-order chi connectivity index (χ1) is 7.85. The summed E-state index contributed by atoms with van der Waals surface area (Å²) in [6.45, 7) is 5.30. The number of ether oxygens (including phenoxy) is 1. The molecule has 2 heteroatoms. The zero-order valence-electron chi connectivity index (χ0n) is 10.8. The second kappa shape index (κ2) is 6.02. The van der Waals surface area contributed by atoms with Crippen LogP contribution >= 0.6 is 0 Å². The van der Waals surface area contributed by atoms with Gasteiger partial charge in [-0.25, -0.2) is 0 Å². The zero-order chi connectivity index (χ0) is 11.3. The van der Waals surface area contributed by atoms with Crippen molar-refractivity contribution in [3.63, 3.8) is 0 Å². The summed E-state index contributed by atoms with van der Waals surface area (Å²) in [5, 5.41) is 3.47. The van der Waals surface area contributed by atoms with Gasteiger partial charge >= 0.3 is 0 Å². The van der Waals surface area contributed by atoms with E-state index in [4.69, 9.17) is 4.74 Å². The molecule has 1 N–H and O–H groups in total. The van der Waals surface area contributed by atoms with Gasteiger partial charge in [-0.1, -0.05) is 39.0 Å². The van der Waals surface area contributed by atoms with Gasteiger partial charge in [0.05, 0.1) is 5.60 Å². The number of likely N-dealkylation sites (N-methyl/N-ethyl adjacent to an activating group) is 1. The summed E-state index contributed by atoms with van der Waals surface area (Å²) in [5.41, 5.74) is 0.194. The number of hydrogen-bond acceptors (Lipinski definition) is 2. The van der Waals surface area contributed by atoms with Crippen molar-refractivity contribution in [1.29, 1.82) is 0 Å². The van der Waals surface area contributed by atoms with Crippen LogP contribution in [0, 0.1) is 5.92 Å². The third-order valence-electron chi connectivity index (χ3n) is 4.37. The van der Waals surface area contributed by atoms with Gasteiger partial charge in [0.15, 0.2) is 0 Å². The maximum Gasteiger partial charge on any atom is 0.0806 e. The highest BCUT2D eigenvalue weighted by molar-refractivity contribution is 4.88. The van der Waals surface area contributed by atoms with E-state index in [-0.39, 0.29) is 5.60 Å². The molecule has 0 aromatic heterocycles. The third-order valence-corrected chi connectivity index (χ3v) is 4.37. The summed E-state index contributed by atoms with van der Waals surface area (Å²) in [6, 6.07) is 0. The van der Waals surface area contributed by atoms with E-state index >= 15 is 0 Å². The van der Waals surface area contributed by atoms with Gasteiger partial charge in [-0.15, -0.1) is 0 Å². The van der Waals surface area contributed by atoms with Crippen LogP contribution in [0.15, 0.2) is 0 Å².